The number of hydrogen-bond donors (Lipinski definition) is 1. The smallest absolute Gasteiger partial charge is 0.327 e. The van der Waals surface area contributed by atoms with E-state index in [-0.39, 0.29) is 40.7 Å². The van der Waals surface area contributed by atoms with Gasteiger partial charge in [-0.25, -0.2) is 8.42 Å². The monoisotopic (exact) mass is 384 g/mol. The molecule has 0 radical (unpaired) electrons. The minimum Gasteiger partial charge on any atom is -0.327 e. The first-order chi connectivity index (χ1) is 10.6. The van der Waals surface area contributed by atoms with E-state index in [9.17, 15) is 21.6 Å². The van der Waals surface area contributed by atoms with Crippen LogP contribution in [0, 0.1) is 18.8 Å². The fourth-order valence-electron chi connectivity index (χ4n) is 3.68. The normalized spacial score (nSPS) is 27.8. The van der Waals surface area contributed by atoms with Gasteiger partial charge in [0, 0.05) is 19.1 Å². The summed E-state index contributed by atoms with van der Waals surface area (Å²) in [5, 5.41) is 0. The molecule has 1 aromatic rings. The van der Waals surface area contributed by atoms with Gasteiger partial charge in [-0.1, -0.05) is 6.07 Å². The highest BCUT2D eigenvalue weighted by Crippen LogP contribution is 2.40. The van der Waals surface area contributed by atoms with Gasteiger partial charge in [0.1, 0.15) is 0 Å². The van der Waals surface area contributed by atoms with E-state index < -0.39 is 21.8 Å². The Bertz CT molecular complexity index is 724. The summed E-state index contributed by atoms with van der Waals surface area (Å²) in [4.78, 5) is -0.302. The lowest BCUT2D eigenvalue weighted by atomic mass is 9.98. The Hall–Kier alpha value is -0.830. The van der Waals surface area contributed by atoms with E-state index in [1.165, 1.54) is 23.4 Å². The predicted octanol–water partition coefficient (Wildman–Crippen LogP) is 2.79. The third-order valence-electron chi connectivity index (χ3n) is 5.03. The zero-order valence-corrected chi connectivity index (χ0v) is 14.7. The highest BCUT2D eigenvalue weighted by atomic mass is 35.5. The summed E-state index contributed by atoms with van der Waals surface area (Å²) < 4.78 is 65.7. The first kappa shape index (κ1) is 19.5. The summed E-state index contributed by atoms with van der Waals surface area (Å²) in [6.07, 6.45) is -2.81. The summed E-state index contributed by atoms with van der Waals surface area (Å²) in [6, 6.07) is 3.16. The fraction of sp³-hybridized carbons (Fsp3) is 0.600. The molecule has 1 aromatic carbocycles. The van der Waals surface area contributed by atoms with Crippen molar-refractivity contribution in [3.05, 3.63) is 29.3 Å². The SMILES string of the molecule is Cc1ccc(S(=O)(=O)N2CC3CCC(N)C3C2)cc1C(F)(F)F.Cl. The molecular formula is C15H20ClF3N2O2S. The van der Waals surface area contributed by atoms with Crippen LogP contribution in [0.4, 0.5) is 13.2 Å². The number of nitrogens with two attached hydrogens (primary N) is 1. The lowest BCUT2D eigenvalue weighted by molar-refractivity contribution is -0.138. The first-order valence-electron chi connectivity index (χ1n) is 7.54. The van der Waals surface area contributed by atoms with E-state index in [0.29, 0.717) is 13.1 Å². The number of rotatable bonds is 2. The van der Waals surface area contributed by atoms with E-state index in [1.807, 2.05) is 0 Å². The molecule has 3 atom stereocenters. The van der Waals surface area contributed by atoms with Crippen molar-refractivity contribution in [1.82, 2.24) is 4.31 Å². The molecule has 4 nitrogen and oxygen atoms in total. The first-order valence-corrected chi connectivity index (χ1v) is 8.98. The van der Waals surface area contributed by atoms with E-state index in [1.54, 1.807) is 0 Å². The third-order valence-corrected chi connectivity index (χ3v) is 6.86. The van der Waals surface area contributed by atoms with E-state index >= 15 is 0 Å². The van der Waals surface area contributed by atoms with Gasteiger partial charge < -0.3 is 5.73 Å². The average Bonchev–Trinajstić information content (AvgIpc) is 3.01. The maximum absolute atomic E-state index is 13.0. The van der Waals surface area contributed by atoms with Crippen LogP contribution in [-0.2, 0) is 16.2 Å². The average molecular weight is 385 g/mol. The van der Waals surface area contributed by atoms with Crippen molar-refractivity contribution >= 4 is 22.4 Å². The molecule has 136 valence electrons. The van der Waals surface area contributed by atoms with Crippen LogP contribution in [0.25, 0.3) is 0 Å². The van der Waals surface area contributed by atoms with Gasteiger partial charge in [0.05, 0.1) is 10.5 Å². The molecule has 2 fully saturated rings. The summed E-state index contributed by atoms with van der Waals surface area (Å²) in [6.45, 7) is 1.96. The van der Waals surface area contributed by atoms with Gasteiger partial charge in [0.15, 0.2) is 0 Å². The van der Waals surface area contributed by atoms with Crippen LogP contribution in [0.3, 0.4) is 0 Å². The highest BCUT2D eigenvalue weighted by Gasteiger charge is 2.45. The summed E-state index contributed by atoms with van der Waals surface area (Å²) >= 11 is 0. The molecule has 3 rings (SSSR count). The largest absolute Gasteiger partial charge is 0.416 e. The number of alkyl halides is 3. The predicted molar refractivity (Wildman–Crippen MR) is 86.4 cm³/mol. The molecule has 24 heavy (non-hydrogen) atoms. The second-order valence-corrected chi connectivity index (χ2v) is 8.40. The fourth-order valence-corrected chi connectivity index (χ4v) is 5.24. The zero-order chi connectivity index (χ0) is 17.0. The number of sulfonamides is 1. The van der Waals surface area contributed by atoms with Gasteiger partial charge in [0.25, 0.3) is 0 Å². The molecule has 0 amide bonds. The molecule has 0 spiro atoms. The molecule has 0 bridgehead atoms. The molecule has 0 aromatic heterocycles. The Labute approximate surface area is 145 Å². The maximum Gasteiger partial charge on any atom is 0.416 e. The van der Waals surface area contributed by atoms with Crippen LogP contribution in [0.1, 0.15) is 24.0 Å². The minimum absolute atomic E-state index is 0. The summed E-state index contributed by atoms with van der Waals surface area (Å²) in [5.41, 5.74) is 5.10. The van der Waals surface area contributed by atoms with Crippen LogP contribution in [0.15, 0.2) is 23.1 Å². The molecule has 1 saturated heterocycles. The standard InChI is InChI=1S/C15H19F3N2O2S.ClH/c1-9-2-4-11(6-13(9)15(16,17)18)23(21,22)20-7-10-3-5-14(19)12(10)8-20;/h2,4,6,10,12,14H,3,5,7-8,19H2,1H3;1H. The second kappa shape index (κ2) is 6.48. The molecule has 9 heteroatoms. The Kier molecular flexibility index (Phi) is 5.26. The molecule has 1 heterocycles. The lowest BCUT2D eigenvalue weighted by Crippen LogP contribution is -2.33. The van der Waals surface area contributed by atoms with Crippen molar-refractivity contribution in [2.45, 2.75) is 36.9 Å². The summed E-state index contributed by atoms with van der Waals surface area (Å²) in [7, 11) is -3.93. The van der Waals surface area contributed by atoms with Crippen molar-refractivity contribution < 1.29 is 21.6 Å². The second-order valence-electron chi connectivity index (χ2n) is 6.46. The summed E-state index contributed by atoms with van der Waals surface area (Å²) in [5.74, 6) is 0.324. The van der Waals surface area contributed by atoms with E-state index in [0.717, 1.165) is 18.9 Å². The third kappa shape index (κ3) is 3.29. The van der Waals surface area contributed by atoms with Crippen molar-refractivity contribution in [2.75, 3.05) is 13.1 Å². The Balaban J connectivity index is 0.00000208. The zero-order valence-electron chi connectivity index (χ0n) is 13.1. The van der Waals surface area contributed by atoms with Gasteiger partial charge in [-0.15, -0.1) is 12.4 Å². The van der Waals surface area contributed by atoms with Gasteiger partial charge >= 0.3 is 6.18 Å². The van der Waals surface area contributed by atoms with Crippen molar-refractivity contribution in [2.24, 2.45) is 17.6 Å². The molecular weight excluding hydrogens is 365 g/mol. The highest BCUT2D eigenvalue weighted by molar-refractivity contribution is 7.89. The number of nitrogens with zero attached hydrogens (tertiary/aromatic N) is 1. The molecule has 1 aliphatic heterocycles. The Morgan fingerprint density at radius 2 is 1.88 bits per heavy atom. The quantitative estimate of drug-likeness (QED) is 0.852. The van der Waals surface area contributed by atoms with Gasteiger partial charge in [0.2, 0.25) is 10.0 Å². The molecule has 3 unspecified atom stereocenters. The van der Waals surface area contributed by atoms with Crippen LogP contribution in [0.5, 0.6) is 0 Å². The van der Waals surface area contributed by atoms with Crippen molar-refractivity contribution in [3.8, 4) is 0 Å². The number of fused-ring (bicyclic) bond motifs is 1. The number of aryl methyl sites for hydroxylation is 1. The Morgan fingerprint density at radius 1 is 1.21 bits per heavy atom. The van der Waals surface area contributed by atoms with Gasteiger partial charge in [-0.3, -0.25) is 0 Å². The van der Waals surface area contributed by atoms with Crippen LogP contribution < -0.4 is 5.73 Å². The van der Waals surface area contributed by atoms with E-state index in [2.05, 4.69) is 0 Å². The van der Waals surface area contributed by atoms with Crippen molar-refractivity contribution in [3.63, 3.8) is 0 Å². The van der Waals surface area contributed by atoms with Crippen LogP contribution in [0.2, 0.25) is 0 Å². The van der Waals surface area contributed by atoms with Gasteiger partial charge in [-0.2, -0.15) is 17.5 Å². The van der Waals surface area contributed by atoms with Crippen LogP contribution in [-0.4, -0.2) is 31.9 Å². The van der Waals surface area contributed by atoms with E-state index in [4.69, 9.17) is 5.73 Å². The molecule has 2 N–H and O–H groups in total. The number of halogens is 4. The number of hydrogen-bond acceptors (Lipinski definition) is 3. The van der Waals surface area contributed by atoms with Crippen LogP contribution >= 0.6 is 12.4 Å². The minimum atomic E-state index is -4.57. The number of benzene rings is 1. The lowest BCUT2D eigenvalue weighted by Gasteiger charge is -2.20. The molecule has 2 aliphatic rings. The molecule has 1 saturated carbocycles. The van der Waals surface area contributed by atoms with Gasteiger partial charge in [-0.05, 0) is 49.3 Å². The molecule has 1 aliphatic carbocycles. The maximum atomic E-state index is 13.0. The van der Waals surface area contributed by atoms with Crippen molar-refractivity contribution in [1.29, 1.82) is 0 Å². The Morgan fingerprint density at radius 3 is 2.46 bits per heavy atom. The topological polar surface area (TPSA) is 63.4 Å².